The highest BCUT2D eigenvalue weighted by atomic mass is 35.5. The van der Waals surface area contributed by atoms with Gasteiger partial charge in [-0.2, -0.15) is 0 Å². The van der Waals surface area contributed by atoms with E-state index in [9.17, 15) is 9.59 Å². The van der Waals surface area contributed by atoms with Crippen molar-refractivity contribution in [3.05, 3.63) is 29.3 Å². The van der Waals surface area contributed by atoms with Crippen molar-refractivity contribution >= 4 is 29.1 Å². The number of likely N-dealkylation sites (tertiary alicyclic amines) is 1. The molecule has 0 radical (unpaired) electrons. The average Bonchev–Trinajstić information content (AvgIpc) is 3.23. The van der Waals surface area contributed by atoms with Gasteiger partial charge in [-0.3, -0.25) is 14.5 Å². The second kappa shape index (κ2) is 6.59. The Kier molecular flexibility index (Phi) is 4.43. The lowest BCUT2D eigenvalue weighted by Gasteiger charge is -2.39. The number of nitrogens with zero attached hydrogens (tertiary/aromatic N) is 2. The van der Waals surface area contributed by atoms with Crippen molar-refractivity contribution in [1.29, 1.82) is 0 Å². The molecule has 3 heterocycles. The minimum atomic E-state index is -0.502. The number of anilines is 1. The Morgan fingerprint density at radius 2 is 1.76 bits per heavy atom. The first kappa shape index (κ1) is 16.8. The zero-order valence-electron chi connectivity index (χ0n) is 13.9. The van der Waals surface area contributed by atoms with E-state index >= 15 is 0 Å². The fourth-order valence-corrected chi connectivity index (χ4v) is 4.03. The molecule has 0 aliphatic carbocycles. The molecule has 0 bridgehead atoms. The summed E-state index contributed by atoms with van der Waals surface area (Å²) in [5.41, 5.74) is 0.723. The Labute approximate surface area is 151 Å². The predicted molar refractivity (Wildman–Crippen MR) is 92.4 cm³/mol. The van der Waals surface area contributed by atoms with Crippen LogP contribution in [0.1, 0.15) is 25.7 Å². The van der Waals surface area contributed by atoms with E-state index in [4.69, 9.17) is 21.1 Å². The lowest BCUT2D eigenvalue weighted by atomic mass is 10.0. The molecule has 3 aliphatic heterocycles. The number of piperidine rings is 1. The number of hydrogen-bond donors (Lipinski definition) is 0. The molecule has 1 aromatic carbocycles. The van der Waals surface area contributed by atoms with Crippen LogP contribution in [0.2, 0.25) is 5.02 Å². The van der Waals surface area contributed by atoms with Gasteiger partial charge in [-0.15, -0.1) is 0 Å². The summed E-state index contributed by atoms with van der Waals surface area (Å²) in [7, 11) is 0. The molecule has 3 saturated heterocycles. The Morgan fingerprint density at radius 1 is 1.12 bits per heavy atom. The van der Waals surface area contributed by atoms with Crippen molar-refractivity contribution in [2.75, 3.05) is 31.2 Å². The van der Waals surface area contributed by atoms with E-state index < -0.39 is 11.8 Å². The van der Waals surface area contributed by atoms with Crippen LogP contribution in [-0.4, -0.2) is 54.8 Å². The molecule has 25 heavy (non-hydrogen) atoms. The molecule has 6 nitrogen and oxygen atoms in total. The highest BCUT2D eigenvalue weighted by molar-refractivity contribution is 6.30. The van der Waals surface area contributed by atoms with Crippen LogP contribution in [0, 0.1) is 0 Å². The predicted octanol–water partition coefficient (Wildman–Crippen LogP) is 2.20. The van der Waals surface area contributed by atoms with Crippen LogP contribution >= 0.6 is 11.6 Å². The average molecular weight is 365 g/mol. The van der Waals surface area contributed by atoms with Crippen molar-refractivity contribution < 1.29 is 19.1 Å². The number of hydrogen-bond acceptors (Lipinski definition) is 4. The van der Waals surface area contributed by atoms with Crippen molar-refractivity contribution in [1.82, 2.24) is 4.90 Å². The summed E-state index contributed by atoms with van der Waals surface area (Å²) in [6.45, 7) is 2.43. The normalized spacial score (nSPS) is 25.8. The molecule has 0 saturated carbocycles. The van der Waals surface area contributed by atoms with Gasteiger partial charge in [-0.1, -0.05) is 11.6 Å². The zero-order chi connectivity index (χ0) is 17.4. The highest BCUT2D eigenvalue weighted by Gasteiger charge is 2.44. The third-order valence-corrected chi connectivity index (χ3v) is 5.50. The number of amides is 2. The molecule has 1 atom stereocenters. The van der Waals surface area contributed by atoms with Gasteiger partial charge in [0.1, 0.15) is 6.04 Å². The van der Waals surface area contributed by atoms with Gasteiger partial charge in [0.15, 0.2) is 5.79 Å². The molecule has 1 spiro atoms. The number of halogens is 1. The van der Waals surface area contributed by atoms with Gasteiger partial charge in [-0.05, 0) is 30.7 Å². The van der Waals surface area contributed by atoms with E-state index in [0.29, 0.717) is 57.0 Å². The second-order valence-electron chi connectivity index (χ2n) is 6.73. The molecule has 1 aromatic rings. The van der Waals surface area contributed by atoms with E-state index in [1.54, 1.807) is 29.2 Å². The molecule has 134 valence electrons. The van der Waals surface area contributed by atoms with Gasteiger partial charge >= 0.3 is 0 Å². The standard InChI is InChI=1S/C18H21ClN2O4/c19-13-1-3-14(4-2-13)21-15(5-6-16(21)22)17(23)20-9-7-18(8-10-20)24-11-12-25-18/h1-4,15H,5-12H2. The Hall–Kier alpha value is -1.63. The van der Waals surface area contributed by atoms with Crippen molar-refractivity contribution in [3.8, 4) is 0 Å². The third kappa shape index (κ3) is 3.14. The minimum Gasteiger partial charge on any atom is -0.347 e. The molecule has 3 aliphatic rings. The maximum Gasteiger partial charge on any atom is 0.245 e. The van der Waals surface area contributed by atoms with Gasteiger partial charge in [0.2, 0.25) is 11.8 Å². The van der Waals surface area contributed by atoms with Crippen LogP contribution in [0.25, 0.3) is 0 Å². The molecule has 0 aromatic heterocycles. The molecule has 4 rings (SSSR count). The first-order valence-electron chi connectivity index (χ1n) is 8.72. The van der Waals surface area contributed by atoms with Crippen LogP contribution in [0.5, 0.6) is 0 Å². The first-order valence-corrected chi connectivity index (χ1v) is 9.10. The van der Waals surface area contributed by atoms with Crippen LogP contribution in [-0.2, 0) is 19.1 Å². The maximum atomic E-state index is 13.0. The van der Waals surface area contributed by atoms with Gasteiger partial charge in [0.05, 0.1) is 13.2 Å². The van der Waals surface area contributed by atoms with E-state index in [1.165, 1.54) is 0 Å². The van der Waals surface area contributed by atoms with E-state index in [1.807, 2.05) is 4.90 Å². The van der Waals surface area contributed by atoms with Crippen molar-refractivity contribution in [2.24, 2.45) is 0 Å². The van der Waals surface area contributed by atoms with Gasteiger partial charge in [0.25, 0.3) is 0 Å². The second-order valence-corrected chi connectivity index (χ2v) is 7.16. The van der Waals surface area contributed by atoms with Crippen LogP contribution < -0.4 is 4.90 Å². The van der Waals surface area contributed by atoms with Crippen molar-refractivity contribution in [3.63, 3.8) is 0 Å². The fourth-order valence-electron chi connectivity index (χ4n) is 3.91. The van der Waals surface area contributed by atoms with Gasteiger partial charge < -0.3 is 14.4 Å². The minimum absolute atomic E-state index is 0.00801. The van der Waals surface area contributed by atoms with Gasteiger partial charge in [0, 0.05) is 43.1 Å². The summed E-state index contributed by atoms with van der Waals surface area (Å²) in [5.74, 6) is -0.511. The Balaban J connectivity index is 1.47. The zero-order valence-corrected chi connectivity index (χ0v) is 14.7. The lowest BCUT2D eigenvalue weighted by Crippen LogP contribution is -2.53. The quantitative estimate of drug-likeness (QED) is 0.807. The molecule has 3 fully saturated rings. The third-order valence-electron chi connectivity index (χ3n) is 5.25. The van der Waals surface area contributed by atoms with E-state index in [2.05, 4.69) is 0 Å². The Morgan fingerprint density at radius 3 is 2.40 bits per heavy atom. The fraction of sp³-hybridized carbons (Fsp3) is 0.556. The number of rotatable bonds is 2. The van der Waals surface area contributed by atoms with Crippen LogP contribution in [0.3, 0.4) is 0 Å². The number of ether oxygens (including phenoxy) is 2. The SMILES string of the molecule is O=C(C1CCC(=O)N1c1ccc(Cl)cc1)N1CCC2(CC1)OCCO2. The molecule has 2 amide bonds. The van der Waals surface area contributed by atoms with Gasteiger partial charge in [-0.25, -0.2) is 0 Å². The summed E-state index contributed by atoms with van der Waals surface area (Å²) >= 11 is 5.93. The highest BCUT2D eigenvalue weighted by Crippen LogP contribution is 2.33. The summed E-state index contributed by atoms with van der Waals surface area (Å²) in [5, 5.41) is 0.608. The van der Waals surface area contributed by atoms with Crippen LogP contribution in [0.15, 0.2) is 24.3 Å². The van der Waals surface area contributed by atoms with Crippen molar-refractivity contribution in [2.45, 2.75) is 37.5 Å². The summed E-state index contributed by atoms with van der Waals surface area (Å²) in [6.07, 6.45) is 2.30. The van der Waals surface area contributed by atoms with E-state index in [0.717, 1.165) is 5.69 Å². The molecule has 0 N–H and O–H groups in total. The molecular weight excluding hydrogens is 344 g/mol. The number of carbonyl (C=O) groups excluding carboxylic acids is 2. The maximum absolute atomic E-state index is 13.0. The monoisotopic (exact) mass is 364 g/mol. The molecule has 7 heteroatoms. The first-order chi connectivity index (χ1) is 12.1. The number of carbonyl (C=O) groups is 2. The molecule has 1 unspecified atom stereocenters. The largest absolute Gasteiger partial charge is 0.347 e. The molecular formula is C18H21ClN2O4. The summed E-state index contributed by atoms with van der Waals surface area (Å²) < 4.78 is 11.4. The summed E-state index contributed by atoms with van der Waals surface area (Å²) in [6, 6.07) is 6.62. The van der Waals surface area contributed by atoms with Crippen LogP contribution in [0.4, 0.5) is 5.69 Å². The summed E-state index contributed by atoms with van der Waals surface area (Å²) in [4.78, 5) is 28.8. The topological polar surface area (TPSA) is 59.1 Å². The van der Waals surface area contributed by atoms with E-state index in [-0.39, 0.29) is 11.8 Å². The Bertz CT molecular complexity index is 662. The number of benzene rings is 1. The smallest absolute Gasteiger partial charge is 0.245 e. The lowest BCUT2D eigenvalue weighted by molar-refractivity contribution is -0.187.